The van der Waals surface area contributed by atoms with Crippen molar-refractivity contribution in [2.75, 3.05) is 33.4 Å². The van der Waals surface area contributed by atoms with Crippen LogP contribution >= 0.6 is 0 Å². The van der Waals surface area contributed by atoms with E-state index in [1.165, 1.54) is 12.1 Å². The fraction of sp³-hybridized carbons (Fsp3) is 0.423. The van der Waals surface area contributed by atoms with Gasteiger partial charge in [0.15, 0.2) is 0 Å². The third kappa shape index (κ3) is 5.44. The molecule has 7 nitrogen and oxygen atoms in total. The van der Waals surface area contributed by atoms with Crippen LogP contribution in [0.2, 0.25) is 0 Å². The summed E-state index contributed by atoms with van der Waals surface area (Å²) in [5.74, 6) is 0.0684. The molecular weight excluding hydrogens is 437 g/mol. The first kappa shape index (κ1) is 23.9. The van der Waals surface area contributed by atoms with Crippen LogP contribution in [0, 0.1) is 11.7 Å². The minimum Gasteiger partial charge on any atom is -0.497 e. The van der Waals surface area contributed by atoms with Crippen molar-refractivity contribution in [3.63, 3.8) is 0 Å². The predicted octanol–water partition coefficient (Wildman–Crippen LogP) is 3.79. The molecule has 0 unspecified atom stereocenters. The van der Waals surface area contributed by atoms with E-state index in [4.69, 9.17) is 9.47 Å². The van der Waals surface area contributed by atoms with Gasteiger partial charge >= 0.3 is 5.97 Å². The van der Waals surface area contributed by atoms with Crippen molar-refractivity contribution in [1.82, 2.24) is 9.91 Å². The molecule has 0 bridgehead atoms. The molecule has 1 fully saturated rings. The highest BCUT2D eigenvalue weighted by Crippen LogP contribution is 2.34. The van der Waals surface area contributed by atoms with E-state index in [1.54, 1.807) is 24.3 Å². The van der Waals surface area contributed by atoms with Gasteiger partial charge in [-0.2, -0.15) is 5.10 Å². The quantitative estimate of drug-likeness (QED) is 0.580. The summed E-state index contributed by atoms with van der Waals surface area (Å²) in [6, 6.07) is 13.5. The predicted molar refractivity (Wildman–Crippen MR) is 126 cm³/mol. The maximum Gasteiger partial charge on any atom is 0.309 e. The smallest absolute Gasteiger partial charge is 0.309 e. The first-order valence-electron chi connectivity index (χ1n) is 11.7. The zero-order valence-corrected chi connectivity index (χ0v) is 19.6. The highest BCUT2D eigenvalue weighted by atomic mass is 19.1. The second kappa shape index (κ2) is 10.8. The van der Waals surface area contributed by atoms with Crippen LogP contribution in [0.5, 0.6) is 5.75 Å². The molecule has 8 heteroatoms. The lowest BCUT2D eigenvalue weighted by Gasteiger charge is -2.32. The van der Waals surface area contributed by atoms with Gasteiger partial charge in [0.25, 0.3) is 5.91 Å². The fourth-order valence-electron chi connectivity index (χ4n) is 4.49. The largest absolute Gasteiger partial charge is 0.497 e. The summed E-state index contributed by atoms with van der Waals surface area (Å²) >= 11 is 0. The van der Waals surface area contributed by atoms with Crippen molar-refractivity contribution < 1.29 is 23.5 Å². The molecule has 2 aliphatic rings. The van der Waals surface area contributed by atoms with E-state index in [1.807, 2.05) is 31.2 Å². The van der Waals surface area contributed by atoms with Crippen molar-refractivity contribution in [3.8, 4) is 5.75 Å². The Morgan fingerprint density at radius 3 is 2.35 bits per heavy atom. The zero-order chi connectivity index (χ0) is 24.1. The second-order valence-corrected chi connectivity index (χ2v) is 8.59. The van der Waals surface area contributed by atoms with E-state index in [-0.39, 0.29) is 36.2 Å². The highest BCUT2D eigenvalue weighted by Gasteiger charge is 2.35. The molecule has 2 aliphatic heterocycles. The number of rotatable bonds is 7. The van der Waals surface area contributed by atoms with Crippen LogP contribution in [0.25, 0.3) is 0 Å². The van der Waals surface area contributed by atoms with E-state index in [0.717, 1.165) is 22.6 Å². The molecule has 0 spiro atoms. The molecule has 2 heterocycles. The van der Waals surface area contributed by atoms with Crippen LogP contribution in [-0.2, 0) is 14.3 Å². The maximum atomic E-state index is 13.4. The number of amides is 1. The maximum absolute atomic E-state index is 13.4. The van der Waals surface area contributed by atoms with Gasteiger partial charge in [-0.3, -0.25) is 14.5 Å². The Hall–Kier alpha value is -3.26. The number of hydrogen-bond donors (Lipinski definition) is 0. The summed E-state index contributed by atoms with van der Waals surface area (Å²) < 4.78 is 23.8. The van der Waals surface area contributed by atoms with Crippen molar-refractivity contribution >= 4 is 17.6 Å². The summed E-state index contributed by atoms with van der Waals surface area (Å²) in [4.78, 5) is 27.4. The van der Waals surface area contributed by atoms with E-state index >= 15 is 0 Å². The first-order valence-corrected chi connectivity index (χ1v) is 11.7. The standard InChI is InChI=1S/C26H30FN3O4/c1-3-34-26(32)20-12-14-29(15-13-20)17-25(31)30-24(19-6-10-22(33-2)11-7-19)16-23(28-30)18-4-8-21(27)9-5-18/h4-11,20,24H,3,12-17H2,1-2H3/t24-/m1/s1. The second-order valence-electron chi connectivity index (χ2n) is 8.59. The topological polar surface area (TPSA) is 71.4 Å². The van der Waals surface area contributed by atoms with Gasteiger partial charge in [-0.05, 0) is 68.2 Å². The first-order chi connectivity index (χ1) is 16.5. The molecule has 1 saturated heterocycles. The summed E-state index contributed by atoms with van der Waals surface area (Å²) in [5.41, 5.74) is 2.50. The number of likely N-dealkylation sites (tertiary alicyclic amines) is 1. The molecule has 2 aromatic carbocycles. The lowest BCUT2D eigenvalue weighted by Crippen LogP contribution is -2.43. The molecule has 2 aromatic rings. The van der Waals surface area contributed by atoms with Gasteiger partial charge in [0.05, 0.1) is 37.9 Å². The Morgan fingerprint density at radius 2 is 1.74 bits per heavy atom. The van der Waals surface area contributed by atoms with Gasteiger partial charge in [-0.1, -0.05) is 24.3 Å². The number of methoxy groups -OCH3 is 1. The minimum absolute atomic E-state index is 0.103. The van der Waals surface area contributed by atoms with Gasteiger partial charge in [-0.25, -0.2) is 9.40 Å². The Bertz CT molecular complexity index is 1030. The number of halogens is 1. The van der Waals surface area contributed by atoms with Crippen LogP contribution < -0.4 is 4.74 Å². The molecule has 0 aliphatic carbocycles. The van der Waals surface area contributed by atoms with Crippen molar-refractivity contribution in [2.45, 2.75) is 32.2 Å². The van der Waals surface area contributed by atoms with Crippen molar-refractivity contribution in [2.24, 2.45) is 11.0 Å². The normalized spacial score (nSPS) is 19.1. The fourth-order valence-corrected chi connectivity index (χ4v) is 4.49. The third-order valence-corrected chi connectivity index (χ3v) is 6.41. The van der Waals surface area contributed by atoms with Gasteiger partial charge in [0.2, 0.25) is 0 Å². The molecule has 34 heavy (non-hydrogen) atoms. The molecule has 0 aromatic heterocycles. The molecule has 1 atom stereocenters. The molecule has 1 amide bonds. The Morgan fingerprint density at radius 1 is 1.06 bits per heavy atom. The van der Waals surface area contributed by atoms with Gasteiger partial charge in [0.1, 0.15) is 11.6 Å². The SMILES string of the molecule is CCOC(=O)C1CCN(CC(=O)N2N=C(c3ccc(F)cc3)C[C@@H]2c2ccc(OC)cc2)CC1. The lowest BCUT2D eigenvalue weighted by atomic mass is 9.97. The average molecular weight is 468 g/mol. The van der Waals surface area contributed by atoms with Gasteiger partial charge in [0, 0.05) is 6.42 Å². The third-order valence-electron chi connectivity index (χ3n) is 6.41. The summed E-state index contributed by atoms with van der Waals surface area (Å²) in [6.07, 6.45) is 1.89. The summed E-state index contributed by atoms with van der Waals surface area (Å²) in [6.45, 7) is 3.73. The number of carbonyl (C=O) groups is 2. The average Bonchev–Trinajstić information content (AvgIpc) is 3.31. The zero-order valence-electron chi connectivity index (χ0n) is 19.6. The van der Waals surface area contributed by atoms with Crippen LogP contribution in [0.3, 0.4) is 0 Å². The Kier molecular flexibility index (Phi) is 7.57. The number of hydrogen-bond acceptors (Lipinski definition) is 6. The molecular formula is C26H30FN3O4. The van der Waals surface area contributed by atoms with E-state index in [9.17, 15) is 14.0 Å². The summed E-state index contributed by atoms with van der Waals surface area (Å²) in [5, 5.41) is 6.22. The molecule has 4 rings (SSSR count). The number of ether oxygens (including phenoxy) is 2. The number of hydrazone groups is 1. The van der Waals surface area contributed by atoms with Crippen molar-refractivity contribution in [1.29, 1.82) is 0 Å². The molecule has 0 N–H and O–H groups in total. The Labute approximate surface area is 199 Å². The van der Waals surface area contributed by atoms with Crippen LogP contribution in [0.1, 0.15) is 43.4 Å². The Balaban J connectivity index is 1.49. The number of piperidine rings is 1. The summed E-state index contributed by atoms with van der Waals surface area (Å²) in [7, 11) is 1.61. The number of nitrogens with zero attached hydrogens (tertiary/aromatic N) is 3. The molecule has 0 radical (unpaired) electrons. The highest BCUT2D eigenvalue weighted by molar-refractivity contribution is 6.03. The molecule has 180 valence electrons. The van der Waals surface area contributed by atoms with Crippen LogP contribution in [0.4, 0.5) is 4.39 Å². The van der Waals surface area contributed by atoms with Crippen LogP contribution in [0.15, 0.2) is 53.6 Å². The van der Waals surface area contributed by atoms with E-state index in [2.05, 4.69) is 10.0 Å². The lowest BCUT2D eigenvalue weighted by molar-refractivity contribution is -0.149. The van der Waals surface area contributed by atoms with E-state index in [0.29, 0.717) is 39.0 Å². The number of carbonyl (C=O) groups excluding carboxylic acids is 2. The minimum atomic E-state index is -0.312. The molecule has 0 saturated carbocycles. The number of benzene rings is 2. The monoisotopic (exact) mass is 467 g/mol. The van der Waals surface area contributed by atoms with Crippen molar-refractivity contribution in [3.05, 3.63) is 65.5 Å². The van der Waals surface area contributed by atoms with Crippen LogP contribution in [-0.4, -0.2) is 60.8 Å². The van der Waals surface area contributed by atoms with Gasteiger partial charge in [-0.15, -0.1) is 0 Å². The number of esters is 1. The van der Waals surface area contributed by atoms with E-state index < -0.39 is 0 Å². The van der Waals surface area contributed by atoms with Gasteiger partial charge < -0.3 is 9.47 Å².